The first-order chi connectivity index (χ1) is 9.09. The van der Waals surface area contributed by atoms with E-state index in [-0.39, 0.29) is 24.5 Å². The molecule has 1 heterocycles. The molecule has 0 fully saturated rings. The first-order valence-corrected chi connectivity index (χ1v) is 6.55. The van der Waals surface area contributed by atoms with Gasteiger partial charge in [0.1, 0.15) is 6.54 Å². The lowest BCUT2D eigenvalue weighted by Gasteiger charge is -2.29. The fourth-order valence-electron chi connectivity index (χ4n) is 1.78. The van der Waals surface area contributed by atoms with Gasteiger partial charge in [0.2, 0.25) is 5.91 Å². The molecule has 0 aliphatic carbocycles. The second-order valence-corrected chi connectivity index (χ2v) is 4.75. The van der Waals surface area contributed by atoms with E-state index in [1.807, 2.05) is 13.8 Å². The minimum absolute atomic E-state index is 0.0704. The number of rotatable bonds is 8. The molecule has 1 amide bonds. The Morgan fingerprint density at radius 3 is 2.68 bits per heavy atom. The van der Waals surface area contributed by atoms with Gasteiger partial charge in [0.05, 0.1) is 18.5 Å². The van der Waals surface area contributed by atoms with Crippen LogP contribution in [-0.4, -0.2) is 39.2 Å². The summed E-state index contributed by atoms with van der Waals surface area (Å²) in [6.07, 6.45) is 3.29. The maximum Gasteiger partial charge on any atom is 0.241 e. The van der Waals surface area contributed by atoms with Gasteiger partial charge in [-0.25, -0.2) is 4.68 Å². The van der Waals surface area contributed by atoms with Gasteiger partial charge in [-0.05, 0) is 12.8 Å². The lowest BCUT2D eigenvalue weighted by atomic mass is 9.83. The van der Waals surface area contributed by atoms with Crippen LogP contribution < -0.4 is 11.1 Å². The molecule has 0 bridgehead atoms. The van der Waals surface area contributed by atoms with Crippen LogP contribution in [0.5, 0.6) is 0 Å². The van der Waals surface area contributed by atoms with Gasteiger partial charge in [0.25, 0.3) is 0 Å². The molecule has 0 aliphatic heterocycles. The molecular formula is C12H23N5O2. The van der Waals surface area contributed by atoms with Gasteiger partial charge in [-0.3, -0.25) is 4.79 Å². The van der Waals surface area contributed by atoms with Crippen molar-refractivity contribution in [2.75, 3.05) is 13.2 Å². The number of aliphatic hydroxyl groups excluding tert-OH is 1. The normalized spacial score (nSPS) is 11.6. The van der Waals surface area contributed by atoms with Gasteiger partial charge >= 0.3 is 0 Å². The van der Waals surface area contributed by atoms with Crippen molar-refractivity contribution in [2.24, 2.45) is 11.1 Å². The maximum atomic E-state index is 11.8. The largest absolute Gasteiger partial charge is 0.396 e. The lowest BCUT2D eigenvalue weighted by Crippen LogP contribution is -2.40. The molecule has 0 atom stereocenters. The predicted molar refractivity (Wildman–Crippen MR) is 71.0 cm³/mol. The van der Waals surface area contributed by atoms with E-state index in [0.717, 1.165) is 12.8 Å². The smallest absolute Gasteiger partial charge is 0.241 e. The second kappa shape index (κ2) is 7.20. The molecule has 0 unspecified atom stereocenters. The van der Waals surface area contributed by atoms with E-state index in [1.165, 1.54) is 4.68 Å². The molecule has 0 aromatic carbocycles. The fourth-order valence-corrected chi connectivity index (χ4v) is 1.78. The molecule has 0 spiro atoms. The van der Waals surface area contributed by atoms with Gasteiger partial charge in [0.15, 0.2) is 0 Å². The summed E-state index contributed by atoms with van der Waals surface area (Å²) in [4.78, 5) is 11.8. The summed E-state index contributed by atoms with van der Waals surface area (Å²) < 4.78 is 1.45. The molecular weight excluding hydrogens is 246 g/mol. The number of nitrogens with zero attached hydrogens (tertiary/aromatic N) is 3. The van der Waals surface area contributed by atoms with Crippen molar-refractivity contribution in [3.05, 3.63) is 11.9 Å². The summed E-state index contributed by atoms with van der Waals surface area (Å²) in [5.41, 5.74) is 5.84. The van der Waals surface area contributed by atoms with Gasteiger partial charge in [-0.15, -0.1) is 5.10 Å². The monoisotopic (exact) mass is 269 g/mol. The Labute approximate surface area is 113 Å². The van der Waals surface area contributed by atoms with Crippen molar-refractivity contribution in [3.8, 4) is 0 Å². The summed E-state index contributed by atoms with van der Waals surface area (Å²) in [6.45, 7) is 4.98. The summed E-state index contributed by atoms with van der Waals surface area (Å²) in [5.74, 6) is -0.145. The number of aliphatic hydroxyl groups is 1. The van der Waals surface area contributed by atoms with E-state index >= 15 is 0 Å². The zero-order chi connectivity index (χ0) is 14.3. The number of nitrogens with one attached hydrogen (secondary N) is 1. The van der Waals surface area contributed by atoms with E-state index in [1.54, 1.807) is 6.20 Å². The maximum absolute atomic E-state index is 11.8. The Hall–Kier alpha value is -1.47. The molecule has 1 aromatic heterocycles. The van der Waals surface area contributed by atoms with Crippen molar-refractivity contribution in [1.82, 2.24) is 20.3 Å². The molecule has 0 saturated carbocycles. The van der Waals surface area contributed by atoms with Crippen LogP contribution in [0, 0.1) is 5.41 Å². The van der Waals surface area contributed by atoms with Crippen molar-refractivity contribution in [3.63, 3.8) is 0 Å². The van der Waals surface area contributed by atoms with Crippen LogP contribution in [0.2, 0.25) is 0 Å². The molecule has 0 radical (unpaired) electrons. The number of hydrogen-bond donors (Lipinski definition) is 3. The number of nitrogens with two attached hydrogens (primary N) is 1. The molecule has 1 aromatic rings. The third-order valence-electron chi connectivity index (χ3n) is 3.60. The Kier molecular flexibility index (Phi) is 5.91. The van der Waals surface area contributed by atoms with E-state index < -0.39 is 0 Å². The molecule has 0 aliphatic rings. The molecule has 4 N–H and O–H groups in total. The van der Waals surface area contributed by atoms with Crippen LogP contribution in [0.1, 0.15) is 32.4 Å². The zero-order valence-corrected chi connectivity index (χ0v) is 11.6. The Bertz CT molecular complexity index is 392. The number of hydrogen-bond acceptors (Lipinski definition) is 5. The fraction of sp³-hybridized carbons (Fsp3) is 0.750. The summed E-state index contributed by atoms with van der Waals surface area (Å²) in [6, 6.07) is 0. The minimum Gasteiger partial charge on any atom is -0.396 e. The highest BCUT2D eigenvalue weighted by molar-refractivity contribution is 5.75. The minimum atomic E-state index is -0.236. The SMILES string of the molecule is CCC(CC)(CO)CNC(=O)Cn1cc(CN)nn1. The standard InChI is InChI=1S/C12H23N5O2/c1-3-12(4-2,9-18)8-14-11(19)7-17-6-10(5-13)15-16-17/h6,18H,3-5,7-9,13H2,1-2H3,(H,14,19). The van der Waals surface area contributed by atoms with Crippen LogP contribution in [0.15, 0.2) is 6.20 Å². The molecule has 19 heavy (non-hydrogen) atoms. The van der Waals surface area contributed by atoms with Crippen LogP contribution in [0.25, 0.3) is 0 Å². The molecule has 0 saturated heterocycles. The molecule has 108 valence electrons. The third kappa shape index (κ3) is 4.29. The Morgan fingerprint density at radius 2 is 2.21 bits per heavy atom. The highest BCUT2D eigenvalue weighted by Crippen LogP contribution is 2.24. The zero-order valence-electron chi connectivity index (χ0n) is 11.6. The average molecular weight is 269 g/mol. The van der Waals surface area contributed by atoms with Gasteiger partial charge in [-0.1, -0.05) is 19.1 Å². The van der Waals surface area contributed by atoms with Crippen molar-refractivity contribution in [2.45, 2.75) is 39.8 Å². The van der Waals surface area contributed by atoms with E-state index in [4.69, 9.17) is 5.73 Å². The summed E-state index contributed by atoms with van der Waals surface area (Å²) in [5, 5.41) is 19.9. The van der Waals surface area contributed by atoms with Crippen LogP contribution in [0.3, 0.4) is 0 Å². The highest BCUT2D eigenvalue weighted by Gasteiger charge is 2.25. The van der Waals surface area contributed by atoms with Gasteiger partial charge < -0.3 is 16.2 Å². The molecule has 7 nitrogen and oxygen atoms in total. The number of carbonyl (C=O) groups excluding carboxylic acids is 1. The third-order valence-corrected chi connectivity index (χ3v) is 3.60. The quantitative estimate of drug-likeness (QED) is 0.598. The molecule has 1 rings (SSSR count). The first-order valence-electron chi connectivity index (χ1n) is 6.55. The van der Waals surface area contributed by atoms with Gasteiger partial charge in [0, 0.05) is 18.5 Å². The number of amides is 1. The predicted octanol–water partition coefficient (Wildman–Crippen LogP) is -0.348. The van der Waals surface area contributed by atoms with Gasteiger partial charge in [-0.2, -0.15) is 0 Å². The Balaban J connectivity index is 2.47. The molecule has 7 heteroatoms. The number of aromatic nitrogens is 3. The first kappa shape index (κ1) is 15.6. The van der Waals surface area contributed by atoms with E-state index in [2.05, 4.69) is 15.6 Å². The van der Waals surface area contributed by atoms with E-state index in [0.29, 0.717) is 18.8 Å². The second-order valence-electron chi connectivity index (χ2n) is 4.75. The topological polar surface area (TPSA) is 106 Å². The van der Waals surface area contributed by atoms with Crippen molar-refractivity contribution in [1.29, 1.82) is 0 Å². The van der Waals surface area contributed by atoms with Crippen molar-refractivity contribution < 1.29 is 9.90 Å². The van der Waals surface area contributed by atoms with Crippen molar-refractivity contribution >= 4 is 5.91 Å². The summed E-state index contributed by atoms with van der Waals surface area (Å²) >= 11 is 0. The van der Waals surface area contributed by atoms with Crippen LogP contribution in [0.4, 0.5) is 0 Å². The van der Waals surface area contributed by atoms with Crippen LogP contribution in [-0.2, 0) is 17.9 Å². The van der Waals surface area contributed by atoms with E-state index in [9.17, 15) is 9.90 Å². The number of carbonyl (C=O) groups is 1. The summed E-state index contributed by atoms with van der Waals surface area (Å²) in [7, 11) is 0. The lowest BCUT2D eigenvalue weighted by molar-refractivity contribution is -0.122. The highest BCUT2D eigenvalue weighted by atomic mass is 16.3. The Morgan fingerprint density at radius 1 is 1.53 bits per heavy atom. The average Bonchev–Trinajstić information content (AvgIpc) is 2.88. The van der Waals surface area contributed by atoms with Crippen LogP contribution >= 0.6 is 0 Å².